The van der Waals surface area contributed by atoms with Crippen LogP contribution in [0.4, 0.5) is 4.79 Å². The fraction of sp³-hybridized carbons (Fsp3) is 0.545. The van der Waals surface area contributed by atoms with Crippen molar-refractivity contribution in [2.75, 3.05) is 20.2 Å². The Hall–Kier alpha value is -2.34. The molecule has 6 heteroatoms. The fourth-order valence-electron chi connectivity index (χ4n) is 3.89. The van der Waals surface area contributed by atoms with Crippen molar-refractivity contribution in [3.05, 3.63) is 41.5 Å². The number of aliphatic hydroxyl groups is 1. The van der Waals surface area contributed by atoms with Crippen LogP contribution in [-0.2, 0) is 4.79 Å². The normalized spacial score (nSPS) is 21.7. The van der Waals surface area contributed by atoms with Crippen LogP contribution >= 0.6 is 0 Å². The summed E-state index contributed by atoms with van der Waals surface area (Å²) in [7, 11) is 1.77. The van der Waals surface area contributed by atoms with Gasteiger partial charge in [0.05, 0.1) is 18.7 Å². The van der Waals surface area contributed by atoms with Crippen molar-refractivity contribution in [3.8, 4) is 0 Å². The number of carbonyl (C=O) groups is 2. The molecule has 0 bridgehead atoms. The Morgan fingerprint density at radius 2 is 1.89 bits per heavy atom. The first-order valence-electron chi connectivity index (χ1n) is 10.00. The molecule has 0 unspecified atom stereocenters. The molecular weight excluding hydrogens is 354 g/mol. The lowest BCUT2D eigenvalue weighted by Crippen LogP contribution is -2.70. The number of hydrogen-bond donors (Lipinski definition) is 2. The quantitative estimate of drug-likeness (QED) is 0.756. The zero-order valence-electron chi connectivity index (χ0n) is 17.6. The van der Waals surface area contributed by atoms with E-state index in [1.165, 1.54) is 0 Å². The van der Waals surface area contributed by atoms with Crippen LogP contribution in [0, 0.1) is 0 Å². The summed E-state index contributed by atoms with van der Waals surface area (Å²) < 4.78 is 0. The number of aliphatic hydroxyl groups excluding tert-OH is 1. The Balaban J connectivity index is 2.31. The summed E-state index contributed by atoms with van der Waals surface area (Å²) in [6.07, 6.45) is 4.44. The van der Waals surface area contributed by atoms with Crippen LogP contribution < -0.4 is 5.32 Å². The van der Waals surface area contributed by atoms with Gasteiger partial charge in [-0.25, -0.2) is 4.79 Å². The molecule has 28 heavy (non-hydrogen) atoms. The maximum absolute atomic E-state index is 12.7. The van der Waals surface area contributed by atoms with E-state index < -0.39 is 0 Å². The summed E-state index contributed by atoms with van der Waals surface area (Å²) in [5, 5.41) is 12.9. The molecule has 1 aromatic carbocycles. The summed E-state index contributed by atoms with van der Waals surface area (Å²) in [6, 6.07) is 7.51. The first-order chi connectivity index (χ1) is 13.3. The molecule has 154 valence electrons. The van der Waals surface area contributed by atoms with Crippen molar-refractivity contribution >= 4 is 18.0 Å². The van der Waals surface area contributed by atoms with E-state index in [2.05, 4.69) is 17.4 Å². The lowest BCUT2D eigenvalue weighted by molar-refractivity contribution is -0.131. The maximum Gasteiger partial charge on any atom is 0.318 e. The highest BCUT2D eigenvalue weighted by atomic mass is 16.3. The van der Waals surface area contributed by atoms with Crippen molar-refractivity contribution < 1.29 is 14.7 Å². The largest absolute Gasteiger partial charge is 0.394 e. The number of hydrogen-bond acceptors (Lipinski definition) is 3. The molecule has 3 atom stereocenters. The minimum atomic E-state index is -0.304. The monoisotopic (exact) mass is 387 g/mol. The van der Waals surface area contributed by atoms with Gasteiger partial charge in [0.1, 0.15) is 0 Å². The molecule has 6 nitrogen and oxygen atoms in total. The average molecular weight is 388 g/mol. The minimum absolute atomic E-state index is 0.00154. The molecule has 2 rings (SSSR count). The zero-order chi connectivity index (χ0) is 20.8. The van der Waals surface area contributed by atoms with Crippen molar-refractivity contribution in [2.24, 2.45) is 0 Å². The van der Waals surface area contributed by atoms with Crippen molar-refractivity contribution in [1.82, 2.24) is 15.1 Å². The highest BCUT2D eigenvalue weighted by molar-refractivity contribution is 5.78. The van der Waals surface area contributed by atoms with Crippen LogP contribution in [0.1, 0.15) is 51.2 Å². The molecule has 0 radical (unpaired) electrons. The predicted molar refractivity (Wildman–Crippen MR) is 112 cm³/mol. The molecule has 1 fully saturated rings. The van der Waals surface area contributed by atoms with Gasteiger partial charge in [0.2, 0.25) is 5.91 Å². The highest BCUT2D eigenvalue weighted by Crippen LogP contribution is 2.41. The Morgan fingerprint density at radius 1 is 1.25 bits per heavy atom. The Kier molecular flexibility index (Phi) is 7.63. The van der Waals surface area contributed by atoms with E-state index in [1.54, 1.807) is 16.8 Å². The van der Waals surface area contributed by atoms with Gasteiger partial charge in [-0.3, -0.25) is 4.79 Å². The summed E-state index contributed by atoms with van der Waals surface area (Å²) >= 11 is 0. The Bertz CT molecular complexity index is 699. The lowest BCUT2D eigenvalue weighted by atomic mass is 9.75. The van der Waals surface area contributed by atoms with Crippen LogP contribution in [0.2, 0.25) is 0 Å². The number of allylic oxidation sites excluding steroid dienone is 1. The molecule has 1 heterocycles. The van der Waals surface area contributed by atoms with Gasteiger partial charge in [-0.05, 0) is 31.9 Å². The molecule has 1 aromatic rings. The molecule has 1 saturated heterocycles. The number of amides is 3. The number of rotatable bonds is 7. The van der Waals surface area contributed by atoms with Gasteiger partial charge in [0.25, 0.3) is 0 Å². The Morgan fingerprint density at radius 3 is 2.39 bits per heavy atom. The molecule has 0 saturated carbocycles. The molecule has 2 N–H and O–H groups in total. The second kappa shape index (κ2) is 9.73. The van der Waals surface area contributed by atoms with E-state index >= 15 is 0 Å². The van der Waals surface area contributed by atoms with Gasteiger partial charge in [-0.2, -0.15) is 0 Å². The lowest BCUT2D eigenvalue weighted by Gasteiger charge is -2.55. The number of likely N-dealkylation sites (tertiary alicyclic amines) is 1. The smallest absolute Gasteiger partial charge is 0.318 e. The van der Waals surface area contributed by atoms with Crippen molar-refractivity contribution in [3.63, 3.8) is 0 Å². The van der Waals surface area contributed by atoms with Gasteiger partial charge in [0, 0.05) is 32.0 Å². The summed E-state index contributed by atoms with van der Waals surface area (Å²) in [5.41, 5.74) is 2.18. The average Bonchev–Trinajstić information content (AvgIpc) is 2.64. The van der Waals surface area contributed by atoms with E-state index in [0.717, 1.165) is 11.1 Å². The molecule has 1 aliphatic rings. The molecule has 0 aliphatic carbocycles. The zero-order valence-corrected chi connectivity index (χ0v) is 17.6. The van der Waals surface area contributed by atoms with Gasteiger partial charge in [-0.1, -0.05) is 43.3 Å². The number of likely N-dealkylation sites (N-methyl/N-ethyl adjacent to an activating group) is 1. The van der Waals surface area contributed by atoms with Crippen LogP contribution in [-0.4, -0.2) is 65.2 Å². The van der Waals surface area contributed by atoms with Crippen molar-refractivity contribution in [2.45, 2.75) is 58.2 Å². The standard InChI is InChI=1S/C22H33N3O3/c1-6-8-16-9-11-17(12-10-16)21-18(13-24(5)20(27)7-2)25(19(21)14-26)22(28)23-15(3)4/h6,8-12,15,18-19,21,26H,7,13-14H2,1-5H3,(H,23,28)/t18-,19+,21-/m1/s1. The fourth-order valence-corrected chi connectivity index (χ4v) is 3.89. The SMILES string of the molecule is CC=Cc1ccc([C@@H]2[C@@H](CN(C)C(=O)CC)N(C(=O)NC(C)C)[C@H]2CO)cc1. The third-order valence-corrected chi connectivity index (χ3v) is 5.25. The maximum atomic E-state index is 12.7. The van der Waals surface area contributed by atoms with Gasteiger partial charge >= 0.3 is 6.03 Å². The van der Waals surface area contributed by atoms with Crippen molar-refractivity contribution in [1.29, 1.82) is 0 Å². The molecule has 0 spiro atoms. The summed E-state index contributed by atoms with van der Waals surface area (Å²) in [6.45, 7) is 7.95. The Labute approximate surface area is 168 Å². The first-order valence-corrected chi connectivity index (χ1v) is 10.00. The first kappa shape index (κ1) is 22.0. The number of nitrogens with one attached hydrogen (secondary N) is 1. The van der Waals surface area contributed by atoms with Gasteiger partial charge in [-0.15, -0.1) is 0 Å². The van der Waals surface area contributed by atoms with Gasteiger partial charge < -0.3 is 20.2 Å². The number of carbonyl (C=O) groups excluding carboxylic acids is 2. The second-order valence-electron chi connectivity index (χ2n) is 7.65. The van der Waals surface area contributed by atoms with E-state index in [4.69, 9.17) is 0 Å². The highest BCUT2D eigenvalue weighted by Gasteiger charge is 2.51. The van der Waals surface area contributed by atoms with Crippen LogP contribution in [0.3, 0.4) is 0 Å². The predicted octanol–water partition coefficient (Wildman–Crippen LogP) is 2.83. The molecule has 1 aliphatic heterocycles. The summed E-state index contributed by atoms with van der Waals surface area (Å²) in [5.74, 6) is 0.0218. The molecule has 3 amide bonds. The minimum Gasteiger partial charge on any atom is -0.394 e. The number of benzene rings is 1. The third-order valence-electron chi connectivity index (χ3n) is 5.25. The van der Waals surface area contributed by atoms with Crippen LogP contribution in [0.25, 0.3) is 6.08 Å². The second-order valence-corrected chi connectivity index (χ2v) is 7.65. The molecule has 0 aromatic heterocycles. The van der Waals surface area contributed by atoms with E-state index in [9.17, 15) is 14.7 Å². The van der Waals surface area contributed by atoms with E-state index in [0.29, 0.717) is 13.0 Å². The molecular formula is C22H33N3O3. The number of nitrogens with zero attached hydrogens (tertiary/aromatic N) is 2. The van der Waals surface area contributed by atoms with Gasteiger partial charge in [0.15, 0.2) is 0 Å². The third kappa shape index (κ3) is 4.73. The van der Waals surface area contributed by atoms with Crippen LogP contribution in [0.5, 0.6) is 0 Å². The topological polar surface area (TPSA) is 72.9 Å². The van der Waals surface area contributed by atoms with Crippen LogP contribution in [0.15, 0.2) is 30.3 Å². The van der Waals surface area contributed by atoms with E-state index in [1.807, 2.05) is 52.0 Å². The van der Waals surface area contributed by atoms with E-state index in [-0.39, 0.29) is 42.6 Å². The number of urea groups is 1. The summed E-state index contributed by atoms with van der Waals surface area (Å²) in [4.78, 5) is 28.2.